The lowest BCUT2D eigenvalue weighted by Gasteiger charge is -2.21. The molecular weight excluding hydrogens is 404 g/mol. The Kier molecular flexibility index (Phi) is 9.37. The molecule has 7 nitrogen and oxygen atoms in total. The van der Waals surface area contributed by atoms with Crippen molar-refractivity contribution in [1.29, 1.82) is 0 Å². The highest BCUT2D eigenvalue weighted by Gasteiger charge is 2.31. The number of hydrogen-bond acceptors (Lipinski definition) is 7. The quantitative estimate of drug-likeness (QED) is 0.244. The summed E-state index contributed by atoms with van der Waals surface area (Å²) >= 11 is 0. The highest BCUT2D eigenvalue weighted by atomic mass is 16.3. The maximum absolute atomic E-state index is 13.0. The van der Waals surface area contributed by atoms with E-state index in [0.29, 0.717) is 34.5 Å². The Morgan fingerprint density at radius 3 is 2.09 bits per heavy atom. The highest BCUT2D eigenvalue weighted by Crippen LogP contribution is 2.31. The predicted molar refractivity (Wildman–Crippen MR) is 128 cm³/mol. The van der Waals surface area contributed by atoms with Crippen LogP contribution in [0.2, 0.25) is 0 Å². The number of nitrogens with one attached hydrogen (secondary N) is 3. The third-order valence-corrected chi connectivity index (χ3v) is 5.63. The average molecular weight is 439 g/mol. The van der Waals surface area contributed by atoms with Crippen molar-refractivity contribution in [2.24, 2.45) is 5.73 Å². The summed E-state index contributed by atoms with van der Waals surface area (Å²) < 4.78 is 0. The van der Waals surface area contributed by atoms with E-state index in [9.17, 15) is 14.7 Å². The number of aliphatic hydroxyl groups excluding tert-OH is 1. The fourth-order valence-electron chi connectivity index (χ4n) is 3.88. The van der Waals surface area contributed by atoms with Crippen LogP contribution in [0.5, 0.6) is 0 Å². The molecule has 2 aromatic rings. The summed E-state index contributed by atoms with van der Waals surface area (Å²) in [6, 6.07) is 12.1. The van der Waals surface area contributed by atoms with E-state index >= 15 is 0 Å². The lowest BCUT2D eigenvalue weighted by molar-refractivity contribution is 0.0979. The molecule has 0 radical (unpaired) electrons. The number of benzene rings is 2. The summed E-state index contributed by atoms with van der Waals surface area (Å²) in [5.41, 5.74) is 7.71. The topological polar surface area (TPSA) is 116 Å². The van der Waals surface area contributed by atoms with Crippen LogP contribution in [0.1, 0.15) is 57.5 Å². The molecule has 0 saturated heterocycles. The van der Waals surface area contributed by atoms with Crippen molar-refractivity contribution in [3.63, 3.8) is 0 Å². The fourth-order valence-corrected chi connectivity index (χ4v) is 3.88. The van der Waals surface area contributed by atoms with E-state index < -0.39 is 6.10 Å². The average Bonchev–Trinajstić information content (AvgIpc) is 2.82. The number of rotatable bonds is 14. The first kappa shape index (κ1) is 24.1. The molecule has 0 amide bonds. The van der Waals surface area contributed by atoms with E-state index in [2.05, 4.69) is 16.0 Å². The maximum Gasteiger partial charge on any atom is 0.196 e. The van der Waals surface area contributed by atoms with E-state index in [4.69, 9.17) is 5.73 Å². The summed E-state index contributed by atoms with van der Waals surface area (Å²) in [5, 5.41) is 20.1. The van der Waals surface area contributed by atoms with Gasteiger partial charge in [-0.3, -0.25) is 9.59 Å². The molecule has 172 valence electrons. The fraction of sp³-hybridized carbons (Fsp3) is 0.440. The Morgan fingerprint density at radius 2 is 1.38 bits per heavy atom. The molecule has 0 bridgehead atoms. The Hall–Kier alpha value is -2.58. The molecule has 1 atom stereocenters. The number of unbranched alkanes of at least 4 members (excludes halogenated alkanes) is 2. The van der Waals surface area contributed by atoms with Gasteiger partial charge in [0.1, 0.15) is 0 Å². The summed E-state index contributed by atoms with van der Waals surface area (Å²) in [6.45, 7) is 4.34. The van der Waals surface area contributed by atoms with Crippen LogP contribution in [0.15, 0.2) is 42.5 Å². The highest BCUT2D eigenvalue weighted by molar-refractivity contribution is 6.30. The molecule has 0 aliphatic heterocycles. The Bertz CT molecular complexity index is 916. The molecular formula is C25H34N4O3. The number of fused-ring (bicyclic) bond motifs is 2. The van der Waals surface area contributed by atoms with Crippen molar-refractivity contribution in [2.75, 3.05) is 44.6 Å². The normalized spacial score (nSPS) is 13.6. The molecule has 6 N–H and O–H groups in total. The number of hydrogen-bond donors (Lipinski definition) is 5. The van der Waals surface area contributed by atoms with E-state index in [0.717, 1.165) is 51.9 Å². The van der Waals surface area contributed by atoms with E-state index in [1.807, 2.05) is 0 Å². The van der Waals surface area contributed by atoms with Gasteiger partial charge in [-0.2, -0.15) is 0 Å². The number of ketones is 2. The number of nitrogens with two attached hydrogens (primary N) is 1. The van der Waals surface area contributed by atoms with Gasteiger partial charge in [-0.1, -0.05) is 36.4 Å². The zero-order valence-electron chi connectivity index (χ0n) is 18.5. The third kappa shape index (κ3) is 6.23. The molecule has 0 saturated carbocycles. The van der Waals surface area contributed by atoms with Crippen molar-refractivity contribution in [3.05, 3.63) is 64.7 Å². The maximum atomic E-state index is 13.0. The molecule has 1 unspecified atom stereocenters. The predicted octanol–water partition coefficient (Wildman–Crippen LogP) is 1.93. The van der Waals surface area contributed by atoms with Crippen LogP contribution < -0.4 is 21.7 Å². The van der Waals surface area contributed by atoms with Gasteiger partial charge >= 0.3 is 0 Å². The molecule has 3 rings (SSSR count). The zero-order valence-corrected chi connectivity index (χ0v) is 18.5. The molecule has 0 fully saturated rings. The van der Waals surface area contributed by atoms with Gasteiger partial charge in [0.2, 0.25) is 0 Å². The summed E-state index contributed by atoms with van der Waals surface area (Å²) in [4.78, 5) is 25.8. The molecule has 32 heavy (non-hydrogen) atoms. The minimum atomic E-state index is -0.609. The van der Waals surface area contributed by atoms with Crippen molar-refractivity contribution < 1.29 is 14.7 Å². The molecule has 1 aliphatic rings. The zero-order chi connectivity index (χ0) is 22.8. The minimum absolute atomic E-state index is 0.144. The van der Waals surface area contributed by atoms with Crippen LogP contribution in [0, 0.1) is 0 Å². The Labute approximate surface area is 189 Å². The van der Waals surface area contributed by atoms with Gasteiger partial charge in [0.25, 0.3) is 0 Å². The Balaban J connectivity index is 1.42. The van der Waals surface area contributed by atoms with Gasteiger partial charge in [-0.05, 0) is 57.9 Å². The number of aliphatic hydroxyl groups is 1. The molecule has 2 aromatic carbocycles. The van der Waals surface area contributed by atoms with Gasteiger partial charge in [0, 0.05) is 35.5 Å². The smallest absolute Gasteiger partial charge is 0.196 e. The van der Waals surface area contributed by atoms with Crippen molar-refractivity contribution >= 4 is 17.3 Å². The largest absolute Gasteiger partial charge is 0.390 e. The summed E-state index contributed by atoms with van der Waals surface area (Å²) in [7, 11) is 0. The molecule has 7 heteroatoms. The summed E-state index contributed by atoms with van der Waals surface area (Å²) in [6.07, 6.45) is 3.68. The number of anilines is 1. The van der Waals surface area contributed by atoms with Crippen LogP contribution in [0.25, 0.3) is 0 Å². The second-order valence-electron chi connectivity index (χ2n) is 8.12. The molecule has 0 aromatic heterocycles. The third-order valence-electron chi connectivity index (χ3n) is 5.63. The van der Waals surface area contributed by atoms with Crippen LogP contribution in [-0.4, -0.2) is 62.0 Å². The SMILES string of the molecule is NCCCCNCCCCNCC(O)CNc1cccc2c1C(=O)c1ccccc1C2=O. The summed E-state index contributed by atoms with van der Waals surface area (Å²) in [5.74, 6) is -0.308. The van der Waals surface area contributed by atoms with Crippen LogP contribution in [-0.2, 0) is 0 Å². The standard InChI is InChI=1S/C25H34N4O3/c26-12-3-4-13-27-14-5-6-15-28-16-18(30)17-29-22-11-7-10-21-23(22)25(32)20-9-2-1-8-19(20)24(21)31/h1-2,7-11,18,27-30H,3-6,12-17,26H2. The first-order valence-electron chi connectivity index (χ1n) is 11.5. The Morgan fingerprint density at radius 1 is 0.750 bits per heavy atom. The van der Waals surface area contributed by atoms with E-state index in [-0.39, 0.29) is 18.1 Å². The lowest BCUT2D eigenvalue weighted by atomic mass is 9.83. The molecule has 0 spiro atoms. The second-order valence-corrected chi connectivity index (χ2v) is 8.12. The van der Waals surface area contributed by atoms with Crippen molar-refractivity contribution in [2.45, 2.75) is 31.8 Å². The van der Waals surface area contributed by atoms with Gasteiger partial charge in [0.15, 0.2) is 11.6 Å². The van der Waals surface area contributed by atoms with Gasteiger partial charge in [0.05, 0.1) is 11.7 Å². The van der Waals surface area contributed by atoms with E-state index in [1.165, 1.54) is 0 Å². The van der Waals surface area contributed by atoms with Crippen LogP contribution in [0.3, 0.4) is 0 Å². The first-order valence-corrected chi connectivity index (χ1v) is 11.5. The van der Waals surface area contributed by atoms with Gasteiger partial charge in [-0.25, -0.2) is 0 Å². The lowest BCUT2D eigenvalue weighted by Crippen LogP contribution is -2.33. The molecule has 0 heterocycles. The van der Waals surface area contributed by atoms with Crippen LogP contribution in [0.4, 0.5) is 5.69 Å². The van der Waals surface area contributed by atoms with Crippen molar-refractivity contribution in [3.8, 4) is 0 Å². The number of carbonyl (C=O) groups is 2. The monoisotopic (exact) mass is 438 g/mol. The van der Waals surface area contributed by atoms with E-state index in [1.54, 1.807) is 42.5 Å². The van der Waals surface area contributed by atoms with Crippen LogP contribution >= 0.6 is 0 Å². The minimum Gasteiger partial charge on any atom is -0.390 e. The van der Waals surface area contributed by atoms with Crippen molar-refractivity contribution in [1.82, 2.24) is 10.6 Å². The first-order chi connectivity index (χ1) is 15.6. The number of carbonyl (C=O) groups excluding carboxylic acids is 2. The second kappa shape index (κ2) is 12.5. The molecule has 1 aliphatic carbocycles. The van der Waals surface area contributed by atoms with Gasteiger partial charge in [-0.15, -0.1) is 0 Å². The van der Waals surface area contributed by atoms with Gasteiger partial charge < -0.3 is 26.8 Å².